The molecule has 118 valence electrons. The number of rotatable bonds is 2. The van der Waals surface area contributed by atoms with Gasteiger partial charge in [-0.3, -0.25) is 15.1 Å². The minimum absolute atomic E-state index is 0.113. The van der Waals surface area contributed by atoms with Gasteiger partial charge in [0.25, 0.3) is 5.91 Å². The topological polar surface area (TPSA) is 56.2 Å². The number of aryl methyl sites for hydroxylation is 1. The van der Waals surface area contributed by atoms with E-state index < -0.39 is 5.54 Å². The monoisotopic (exact) mass is 327 g/mol. The van der Waals surface area contributed by atoms with Gasteiger partial charge < -0.3 is 5.32 Å². The van der Waals surface area contributed by atoms with E-state index in [4.69, 9.17) is 17.0 Å². The molecule has 1 amide bonds. The third-order valence-corrected chi connectivity index (χ3v) is 4.47. The molecule has 2 aromatic carbocycles. The first-order valence-electron chi connectivity index (χ1n) is 7.34. The van der Waals surface area contributed by atoms with Crippen molar-refractivity contribution in [2.45, 2.75) is 19.4 Å². The fourth-order valence-corrected chi connectivity index (χ4v) is 3.21. The Labute approximate surface area is 140 Å². The van der Waals surface area contributed by atoms with E-state index in [2.05, 4.69) is 11.4 Å². The van der Waals surface area contributed by atoms with E-state index in [-0.39, 0.29) is 11.9 Å². The highest BCUT2D eigenvalue weighted by Crippen LogP contribution is 2.32. The normalized spacial score (nSPS) is 20.8. The summed E-state index contributed by atoms with van der Waals surface area (Å²) in [6.45, 7) is 3.80. The summed E-state index contributed by atoms with van der Waals surface area (Å²) in [7, 11) is 1.60. The van der Waals surface area contributed by atoms with Gasteiger partial charge in [0.2, 0.25) is 0 Å². The molecule has 2 N–H and O–H groups in total. The second-order valence-corrected chi connectivity index (χ2v) is 6.50. The van der Waals surface area contributed by atoms with E-state index in [1.54, 1.807) is 14.0 Å². The molecule has 1 aliphatic rings. The number of carbonyl (C=O) groups excluding carboxylic acids is 1. The lowest BCUT2D eigenvalue weighted by atomic mass is 9.89. The third-order valence-electron chi connectivity index (χ3n) is 4.25. The average molecular weight is 328 g/mol. The van der Waals surface area contributed by atoms with Gasteiger partial charge in [-0.25, -0.2) is 0 Å². The van der Waals surface area contributed by atoms with Crippen molar-refractivity contribution in [3.05, 3.63) is 58.6 Å². The second kappa shape index (κ2) is 5.39. The van der Waals surface area contributed by atoms with Gasteiger partial charge in [-0.05, 0) is 54.3 Å². The van der Waals surface area contributed by atoms with Gasteiger partial charge in [0, 0.05) is 12.1 Å². The van der Waals surface area contributed by atoms with Crippen molar-refractivity contribution < 1.29 is 4.79 Å². The van der Waals surface area contributed by atoms with Gasteiger partial charge in [-0.2, -0.15) is 0 Å². The van der Waals surface area contributed by atoms with Crippen LogP contribution in [-0.4, -0.2) is 23.8 Å². The fourth-order valence-electron chi connectivity index (χ4n) is 2.92. The smallest absolute Gasteiger partial charge is 0.259 e. The standard InChI is InChI=1S/C18H18ClN3O/c1-11-7-13(10-15(19)8-11)12-5-4-6-14(9-12)18(2)16(23)22(3)17(20)21-18/h4-10H,1-3H3,(H2,20,21). The summed E-state index contributed by atoms with van der Waals surface area (Å²) in [5.74, 6) is -0.0246. The summed E-state index contributed by atoms with van der Waals surface area (Å²) in [5.41, 5.74) is 2.99. The first-order valence-corrected chi connectivity index (χ1v) is 7.72. The summed E-state index contributed by atoms with van der Waals surface area (Å²) >= 11 is 6.15. The van der Waals surface area contributed by atoms with Crippen LogP contribution in [0.1, 0.15) is 18.1 Å². The maximum Gasteiger partial charge on any atom is 0.259 e. The van der Waals surface area contributed by atoms with Crippen molar-refractivity contribution in [1.29, 1.82) is 5.41 Å². The molecule has 4 nitrogen and oxygen atoms in total. The summed E-state index contributed by atoms with van der Waals surface area (Å²) < 4.78 is 0. The number of halogens is 1. The molecule has 0 bridgehead atoms. The minimum Gasteiger partial charge on any atom is -0.338 e. The second-order valence-electron chi connectivity index (χ2n) is 6.06. The molecule has 0 radical (unpaired) electrons. The average Bonchev–Trinajstić information content (AvgIpc) is 2.71. The predicted molar refractivity (Wildman–Crippen MR) is 92.6 cm³/mol. The zero-order valence-corrected chi connectivity index (χ0v) is 14.0. The summed E-state index contributed by atoms with van der Waals surface area (Å²) in [4.78, 5) is 13.8. The number of nitrogens with one attached hydrogen (secondary N) is 2. The first kappa shape index (κ1) is 15.6. The number of hydrogen-bond acceptors (Lipinski definition) is 2. The Morgan fingerprint density at radius 3 is 2.52 bits per heavy atom. The number of carbonyl (C=O) groups is 1. The number of hydrogen-bond donors (Lipinski definition) is 2. The lowest BCUT2D eigenvalue weighted by Crippen LogP contribution is -2.40. The summed E-state index contributed by atoms with van der Waals surface area (Å²) in [6, 6.07) is 13.7. The van der Waals surface area contributed by atoms with Crippen LogP contribution in [0.4, 0.5) is 0 Å². The molecule has 1 heterocycles. The Morgan fingerprint density at radius 1 is 1.17 bits per heavy atom. The van der Waals surface area contributed by atoms with E-state index in [9.17, 15) is 4.79 Å². The molecule has 2 aromatic rings. The molecule has 5 heteroatoms. The molecule has 0 spiro atoms. The zero-order valence-electron chi connectivity index (χ0n) is 13.3. The van der Waals surface area contributed by atoms with Crippen LogP contribution in [0.2, 0.25) is 5.02 Å². The van der Waals surface area contributed by atoms with Crippen LogP contribution < -0.4 is 5.32 Å². The Hall–Kier alpha value is -2.33. The summed E-state index contributed by atoms with van der Waals surface area (Å²) in [5, 5.41) is 11.5. The van der Waals surface area contributed by atoms with Crippen molar-refractivity contribution in [2.24, 2.45) is 0 Å². The van der Waals surface area contributed by atoms with Crippen LogP contribution in [0, 0.1) is 12.3 Å². The highest BCUT2D eigenvalue weighted by Gasteiger charge is 2.45. The van der Waals surface area contributed by atoms with E-state index >= 15 is 0 Å². The van der Waals surface area contributed by atoms with Crippen molar-refractivity contribution in [1.82, 2.24) is 10.2 Å². The minimum atomic E-state index is -0.921. The highest BCUT2D eigenvalue weighted by molar-refractivity contribution is 6.31. The molecule has 23 heavy (non-hydrogen) atoms. The van der Waals surface area contributed by atoms with Crippen molar-refractivity contribution in [3.8, 4) is 11.1 Å². The van der Waals surface area contributed by atoms with Crippen LogP contribution in [0.3, 0.4) is 0 Å². The number of likely N-dealkylation sites (N-methyl/N-ethyl adjacent to an activating group) is 1. The van der Waals surface area contributed by atoms with Gasteiger partial charge in [0.05, 0.1) is 0 Å². The largest absolute Gasteiger partial charge is 0.338 e. The van der Waals surface area contributed by atoms with E-state index in [0.29, 0.717) is 5.02 Å². The SMILES string of the molecule is Cc1cc(Cl)cc(-c2cccc(C3(C)NC(=N)N(C)C3=O)c2)c1. The van der Waals surface area contributed by atoms with Crippen LogP contribution in [-0.2, 0) is 10.3 Å². The zero-order chi connectivity index (χ0) is 16.8. The lowest BCUT2D eigenvalue weighted by molar-refractivity contribution is -0.129. The predicted octanol–water partition coefficient (Wildman–Crippen LogP) is 3.53. The van der Waals surface area contributed by atoms with Crippen LogP contribution in [0.25, 0.3) is 11.1 Å². The Bertz CT molecular complexity index is 797. The van der Waals surface area contributed by atoms with Gasteiger partial charge in [0.15, 0.2) is 5.96 Å². The molecule has 1 saturated heterocycles. The van der Waals surface area contributed by atoms with Gasteiger partial charge in [-0.15, -0.1) is 0 Å². The van der Waals surface area contributed by atoms with E-state index in [1.807, 2.05) is 43.3 Å². The molecule has 1 aliphatic heterocycles. The molecule has 3 rings (SSSR count). The van der Waals surface area contributed by atoms with Gasteiger partial charge >= 0.3 is 0 Å². The fraction of sp³-hybridized carbons (Fsp3) is 0.222. The molecule has 0 aromatic heterocycles. The molecular formula is C18H18ClN3O. The van der Waals surface area contributed by atoms with Crippen LogP contribution in [0.5, 0.6) is 0 Å². The molecular weight excluding hydrogens is 310 g/mol. The maximum atomic E-state index is 12.5. The number of amides is 1. The van der Waals surface area contributed by atoms with E-state index in [0.717, 1.165) is 22.3 Å². The first-order chi connectivity index (χ1) is 10.8. The number of benzene rings is 2. The van der Waals surface area contributed by atoms with E-state index in [1.165, 1.54) is 4.90 Å². The molecule has 1 atom stereocenters. The molecule has 1 fully saturated rings. The van der Waals surface area contributed by atoms with Crippen molar-refractivity contribution >= 4 is 23.5 Å². The van der Waals surface area contributed by atoms with Gasteiger partial charge in [-0.1, -0.05) is 35.9 Å². The third kappa shape index (κ3) is 2.59. The maximum absolute atomic E-state index is 12.5. The van der Waals surface area contributed by atoms with Crippen molar-refractivity contribution in [2.75, 3.05) is 7.05 Å². The molecule has 1 unspecified atom stereocenters. The summed E-state index contributed by atoms with van der Waals surface area (Å²) in [6.07, 6.45) is 0. The molecule has 0 aliphatic carbocycles. The van der Waals surface area contributed by atoms with Crippen molar-refractivity contribution in [3.63, 3.8) is 0 Å². The lowest BCUT2D eigenvalue weighted by Gasteiger charge is -2.22. The molecule has 0 saturated carbocycles. The Morgan fingerprint density at radius 2 is 1.91 bits per heavy atom. The Balaban J connectivity index is 2.07. The number of guanidine groups is 1. The number of nitrogens with zero attached hydrogens (tertiary/aromatic N) is 1. The van der Waals surface area contributed by atoms with Crippen LogP contribution in [0.15, 0.2) is 42.5 Å². The van der Waals surface area contributed by atoms with Gasteiger partial charge in [0.1, 0.15) is 5.54 Å². The quantitative estimate of drug-likeness (QED) is 0.886. The highest BCUT2D eigenvalue weighted by atomic mass is 35.5. The van der Waals surface area contributed by atoms with Crippen LogP contribution >= 0.6 is 11.6 Å². The Kier molecular flexibility index (Phi) is 3.65.